The van der Waals surface area contributed by atoms with E-state index >= 15 is 0 Å². The molecular weight excluding hydrogens is 224 g/mol. The van der Waals surface area contributed by atoms with Crippen LogP contribution in [0.15, 0.2) is 12.7 Å². The van der Waals surface area contributed by atoms with Gasteiger partial charge in [-0.15, -0.1) is 6.58 Å². The summed E-state index contributed by atoms with van der Waals surface area (Å²) in [6.07, 6.45) is 5.77. The topological polar surface area (TPSA) is 9.23 Å². The lowest BCUT2D eigenvalue weighted by Gasteiger charge is -2.41. The third kappa shape index (κ3) is 5.39. The Morgan fingerprint density at radius 2 is 1.82 bits per heavy atom. The Morgan fingerprint density at radius 1 is 1.29 bits per heavy atom. The first-order chi connectivity index (χ1) is 7.65. The fourth-order valence-electron chi connectivity index (χ4n) is 1.56. The van der Waals surface area contributed by atoms with E-state index in [0.717, 1.165) is 12.8 Å². The Bertz CT molecular complexity index is 228. The van der Waals surface area contributed by atoms with Crippen molar-refractivity contribution in [3.63, 3.8) is 0 Å². The van der Waals surface area contributed by atoms with Crippen molar-refractivity contribution in [3.8, 4) is 0 Å². The summed E-state index contributed by atoms with van der Waals surface area (Å²) in [6, 6.07) is 0. The van der Waals surface area contributed by atoms with Crippen LogP contribution in [0.2, 0.25) is 18.1 Å². The fraction of sp³-hybridized carbons (Fsp3) is 0.867. The molecule has 0 aliphatic carbocycles. The highest BCUT2D eigenvalue weighted by molar-refractivity contribution is 6.74. The molecule has 0 aromatic carbocycles. The molecule has 0 heterocycles. The first kappa shape index (κ1) is 16.9. The van der Waals surface area contributed by atoms with Crippen molar-refractivity contribution in [2.24, 2.45) is 5.92 Å². The molecule has 0 radical (unpaired) electrons. The van der Waals surface area contributed by atoms with Gasteiger partial charge in [0.05, 0.1) is 0 Å². The molecule has 0 fully saturated rings. The molecule has 17 heavy (non-hydrogen) atoms. The van der Waals surface area contributed by atoms with Gasteiger partial charge in [0.1, 0.15) is 0 Å². The molecule has 0 aliphatic rings. The molecule has 0 saturated heterocycles. The summed E-state index contributed by atoms with van der Waals surface area (Å²) in [6.45, 7) is 20.0. The Labute approximate surface area is 110 Å². The quantitative estimate of drug-likeness (QED) is 0.438. The number of allylic oxidation sites excluding steroid dienone is 1. The third-order valence-electron chi connectivity index (χ3n) is 4.19. The van der Waals surface area contributed by atoms with E-state index in [1.54, 1.807) is 0 Å². The molecule has 2 unspecified atom stereocenters. The average molecular weight is 257 g/mol. The van der Waals surface area contributed by atoms with E-state index in [0.29, 0.717) is 17.1 Å². The minimum Gasteiger partial charge on any atom is -0.414 e. The van der Waals surface area contributed by atoms with Crippen molar-refractivity contribution < 1.29 is 4.43 Å². The maximum atomic E-state index is 6.55. The molecule has 0 N–H and O–H groups in total. The van der Waals surface area contributed by atoms with E-state index in [1.807, 2.05) is 6.08 Å². The van der Waals surface area contributed by atoms with Crippen LogP contribution < -0.4 is 0 Å². The molecule has 0 bridgehead atoms. The molecule has 1 nitrogen and oxygen atoms in total. The SMILES string of the molecule is C=CCCC(O[Si](C)(C)C(C)(C)C)C(C)CC. The van der Waals surface area contributed by atoms with E-state index in [2.05, 4.69) is 54.3 Å². The smallest absolute Gasteiger partial charge is 0.192 e. The van der Waals surface area contributed by atoms with Gasteiger partial charge in [-0.25, -0.2) is 0 Å². The lowest BCUT2D eigenvalue weighted by atomic mass is 9.98. The maximum Gasteiger partial charge on any atom is 0.192 e. The fourth-order valence-corrected chi connectivity index (χ4v) is 3.02. The van der Waals surface area contributed by atoms with Crippen LogP contribution in [-0.4, -0.2) is 14.4 Å². The van der Waals surface area contributed by atoms with Crippen LogP contribution >= 0.6 is 0 Å². The summed E-state index contributed by atoms with van der Waals surface area (Å²) in [4.78, 5) is 0. The highest BCUT2D eigenvalue weighted by Gasteiger charge is 2.39. The Hall–Kier alpha value is -0.0831. The number of rotatable bonds is 7. The van der Waals surface area contributed by atoms with Crippen LogP contribution in [-0.2, 0) is 4.43 Å². The summed E-state index contributed by atoms with van der Waals surface area (Å²) < 4.78 is 6.55. The van der Waals surface area contributed by atoms with E-state index in [9.17, 15) is 0 Å². The number of hydrogen-bond acceptors (Lipinski definition) is 1. The van der Waals surface area contributed by atoms with Gasteiger partial charge in [0.25, 0.3) is 0 Å². The third-order valence-corrected chi connectivity index (χ3v) is 8.69. The van der Waals surface area contributed by atoms with Crippen LogP contribution in [0.5, 0.6) is 0 Å². The molecule has 0 amide bonds. The molecule has 0 rings (SSSR count). The molecule has 0 aromatic rings. The second-order valence-electron chi connectivity index (χ2n) is 6.67. The zero-order valence-corrected chi connectivity index (χ0v) is 14.0. The van der Waals surface area contributed by atoms with Crippen molar-refractivity contribution in [1.82, 2.24) is 0 Å². The monoisotopic (exact) mass is 256 g/mol. The van der Waals surface area contributed by atoms with Crippen LogP contribution in [0.3, 0.4) is 0 Å². The lowest BCUT2D eigenvalue weighted by Crippen LogP contribution is -2.45. The summed E-state index contributed by atoms with van der Waals surface area (Å²) in [5.41, 5.74) is 0. The van der Waals surface area contributed by atoms with Gasteiger partial charge in [0, 0.05) is 6.10 Å². The van der Waals surface area contributed by atoms with Crippen molar-refractivity contribution in [2.45, 2.75) is 78.1 Å². The molecule has 2 heteroatoms. The van der Waals surface area contributed by atoms with E-state index < -0.39 is 8.32 Å². The molecule has 0 aromatic heterocycles. The number of hydrogen-bond donors (Lipinski definition) is 0. The first-order valence-corrected chi connectivity index (χ1v) is 9.85. The van der Waals surface area contributed by atoms with Crippen molar-refractivity contribution in [3.05, 3.63) is 12.7 Å². The summed E-state index contributed by atoms with van der Waals surface area (Å²) in [5.74, 6) is 0.643. The zero-order valence-electron chi connectivity index (χ0n) is 13.0. The van der Waals surface area contributed by atoms with Crippen LogP contribution in [0.1, 0.15) is 53.9 Å². The minimum atomic E-state index is -1.63. The maximum absolute atomic E-state index is 6.55. The Balaban J connectivity index is 4.67. The summed E-state index contributed by atoms with van der Waals surface area (Å²) in [7, 11) is -1.63. The highest BCUT2D eigenvalue weighted by Crippen LogP contribution is 2.38. The van der Waals surface area contributed by atoms with Crippen molar-refractivity contribution >= 4 is 8.32 Å². The molecule has 0 spiro atoms. The van der Waals surface area contributed by atoms with Gasteiger partial charge in [-0.1, -0.05) is 47.1 Å². The van der Waals surface area contributed by atoms with Gasteiger partial charge in [0.2, 0.25) is 0 Å². The summed E-state index contributed by atoms with van der Waals surface area (Å²) >= 11 is 0. The van der Waals surface area contributed by atoms with Crippen LogP contribution in [0, 0.1) is 5.92 Å². The van der Waals surface area contributed by atoms with Gasteiger partial charge >= 0.3 is 0 Å². The second-order valence-corrected chi connectivity index (χ2v) is 11.4. The van der Waals surface area contributed by atoms with Gasteiger partial charge in [-0.05, 0) is 36.9 Å². The van der Waals surface area contributed by atoms with E-state index in [4.69, 9.17) is 4.43 Å². The van der Waals surface area contributed by atoms with Gasteiger partial charge in [0.15, 0.2) is 8.32 Å². The predicted octanol–water partition coefficient (Wildman–Crippen LogP) is 5.39. The lowest BCUT2D eigenvalue weighted by molar-refractivity contribution is 0.115. The van der Waals surface area contributed by atoms with Gasteiger partial charge in [-0.2, -0.15) is 0 Å². The normalized spacial score (nSPS) is 16.6. The van der Waals surface area contributed by atoms with Gasteiger partial charge in [-0.3, -0.25) is 0 Å². The van der Waals surface area contributed by atoms with E-state index in [1.165, 1.54) is 6.42 Å². The highest BCUT2D eigenvalue weighted by atomic mass is 28.4. The largest absolute Gasteiger partial charge is 0.414 e. The molecular formula is C15H32OSi. The molecule has 0 saturated carbocycles. The van der Waals surface area contributed by atoms with E-state index in [-0.39, 0.29) is 0 Å². The Morgan fingerprint density at radius 3 is 2.18 bits per heavy atom. The zero-order chi connectivity index (χ0) is 13.7. The standard InChI is InChI=1S/C15H32OSi/c1-9-11-12-14(13(3)10-2)16-17(7,8)15(4,5)6/h9,13-14H,1,10-12H2,2-8H3. The van der Waals surface area contributed by atoms with Crippen molar-refractivity contribution in [2.75, 3.05) is 0 Å². The predicted molar refractivity (Wildman–Crippen MR) is 81.0 cm³/mol. The van der Waals surface area contributed by atoms with Crippen LogP contribution in [0.4, 0.5) is 0 Å². The van der Waals surface area contributed by atoms with Crippen LogP contribution in [0.25, 0.3) is 0 Å². The molecule has 2 atom stereocenters. The van der Waals surface area contributed by atoms with Gasteiger partial charge < -0.3 is 4.43 Å². The second kappa shape index (κ2) is 6.74. The van der Waals surface area contributed by atoms with Crippen molar-refractivity contribution in [1.29, 1.82) is 0 Å². The molecule has 0 aliphatic heterocycles. The minimum absolute atomic E-state index is 0.299. The molecule has 102 valence electrons. The average Bonchev–Trinajstić information content (AvgIpc) is 2.21. The summed E-state index contributed by atoms with van der Waals surface area (Å²) in [5, 5.41) is 0.299. The first-order valence-electron chi connectivity index (χ1n) is 6.94. The Kier molecular flexibility index (Phi) is 6.71.